The smallest absolute Gasteiger partial charge is 0.262 e. The first-order chi connectivity index (χ1) is 23.9. The average Bonchev–Trinajstić information content (AvgIpc) is 3.59. The first kappa shape index (κ1) is 31.0. The van der Waals surface area contributed by atoms with Gasteiger partial charge in [0.1, 0.15) is 0 Å². The molecule has 0 aliphatic rings. The minimum atomic E-state index is -0.158. The van der Waals surface area contributed by atoms with Crippen molar-refractivity contribution in [1.82, 2.24) is 4.57 Å². The molecule has 50 heavy (non-hydrogen) atoms. The fraction of sp³-hybridized carbons (Fsp3) is 0.277. The van der Waals surface area contributed by atoms with E-state index in [9.17, 15) is 9.59 Å². The van der Waals surface area contributed by atoms with Crippen molar-refractivity contribution in [2.45, 2.75) is 85.1 Å². The monoisotopic (exact) mass is 653 g/mol. The Bertz CT molecular complexity index is 2700. The Morgan fingerprint density at radius 2 is 0.880 bits per heavy atom. The molecule has 9 aromatic rings. The molecule has 248 valence electrons. The number of benzene rings is 7. The molecule has 8 aromatic carbocycles. The third-order valence-electron chi connectivity index (χ3n) is 11.6. The molecule has 0 saturated heterocycles. The normalized spacial score (nSPS) is 13.3. The first-order valence-electron chi connectivity index (χ1n) is 18.2. The minimum Gasteiger partial charge on any atom is -0.271 e. The van der Waals surface area contributed by atoms with Crippen molar-refractivity contribution in [2.75, 3.05) is 0 Å². The standard InChI is InChI=1S/C47H43NO2/c1-9-26(10-2)48-44(49)42-33-23-31(27-15-11-13-17-35(27)46(3,4)5)29-21-19-25-20-22-30-32(28-16-12-14-18-36(28)47(6,7)8)24-34(43(42)45(48)50)41-39(30)37(25)38(29)40(33)41/h11-24,26H,9-10H2,1-8H3. The van der Waals surface area contributed by atoms with E-state index in [4.69, 9.17) is 0 Å². The molecular weight excluding hydrogens is 611 g/mol. The van der Waals surface area contributed by atoms with Gasteiger partial charge in [0.05, 0.1) is 10.8 Å². The SMILES string of the molecule is CCC(CC)n1c(=O)c2c3cc(-c4ccccc4C(C)(C)C)c4ccc5ccc6c(-c7ccccc7C(C)(C)C)cc(c2c1=O)c1c6c5c4c31. The lowest BCUT2D eigenvalue weighted by Gasteiger charge is -2.24. The summed E-state index contributed by atoms with van der Waals surface area (Å²) in [6, 6.07) is 30.8. The summed E-state index contributed by atoms with van der Waals surface area (Å²) in [5.41, 5.74) is 6.60. The molecule has 0 amide bonds. The van der Waals surface area contributed by atoms with Crippen LogP contribution in [0.5, 0.6) is 0 Å². The Balaban J connectivity index is 1.60. The lowest BCUT2D eigenvalue weighted by atomic mass is 9.80. The average molecular weight is 654 g/mol. The third-order valence-corrected chi connectivity index (χ3v) is 11.6. The molecule has 0 saturated carbocycles. The molecule has 0 spiro atoms. The van der Waals surface area contributed by atoms with Gasteiger partial charge < -0.3 is 0 Å². The number of hydrogen-bond acceptors (Lipinski definition) is 2. The van der Waals surface area contributed by atoms with Crippen molar-refractivity contribution in [2.24, 2.45) is 0 Å². The van der Waals surface area contributed by atoms with E-state index >= 15 is 0 Å². The molecule has 0 radical (unpaired) electrons. The Hall–Kier alpha value is -5.02. The third kappa shape index (κ3) is 3.92. The zero-order chi connectivity index (χ0) is 35.0. The Labute approximate surface area is 292 Å². The Morgan fingerprint density at radius 1 is 0.480 bits per heavy atom. The fourth-order valence-electron chi connectivity index (χ4n) is 9.38. The Kier molecular flexibility index (Phi) is 6.36. The van der Waals surface area contributed by atoms with Crippen LogP contribution in [0.1, 0.15) is 85.4 Å². The maximum Gasteiger partial charge on any atom is 0.262 e. The van der Waals surface area contributed by atoms with Gasteiger partial charge in [-0.05, 0) is 123 Å². The van der Waals surface area contributed by atoms with Gasteiger partial charge in [0.15, 0.2) is 0 Å². The maximum absolute atomic E-state index is 14.8. The highest BCUT2D eigenvalue weighted by Gasteiger charge is 2.31. The van der Waals surface area contributed by atoms with Gasteiger partial charge in [-0.2, -0.15) is 0 Å². The zero-order valence-electron chi connectivity index (χ0n) is 30.3. The van der Waals surface area contributed by atoms with Crippen LogP contribution < -0.4 is 11.1 Å². The van der Waals surface area contributed by atoms with Crippen LogP contribution in [-0.2, 0) is 10.8 Å². The van der Waals surface area contributed by atoms with E-state index in [1.165, 1.54) is 54.6 Å². The van der Waals surface area contributed by atoms with Crippen molar-refractivity contribution >= 4 is 64.6 Å². The summed E-state index contributed by atoms with van der Waals surface area (Å²) >= 11 is 0. The van der Waals surface area contributed by atoms with Crippen molar-refractivity contribution in [1.29, 1.82) is 0 Å². The fourth-order valence-corrected chi connectivity index (χ4v) is 9.38. The summed E-state index contributed by atoms with van der Waals surface area (Å²) in [5, 5.41) is 12.4. The highest BCUT2D eigenvalue weighted by Crippen LogP contribution is 2.54. The van der Waals surface area contributed by atoms with Crippen molar-refractivity contribution < 1.29 is 0 Å². The topological polar surface area (TPSA) is 39.1 Å². The molecule has 0 N–H and O–H groups in total. The number of nitrogens with zero attached hydrogens (tertiary/aromatic N) is 1. The molecule has 1 aromatic heterocycles. The highest BCUT2D eigenvalue weighted by atomic mass is 16.2. The van der Waals surface area contributed by atoms with E-state index < -0.39 is 0 Å². The van der Waals surface area contributed by atoms with E-state index in [1.807, 2.05) is 0 Å². The second kappa shape index (κ2) is 10.3. The predicted molar refractivity (Wildman–Crippen MR) is 215 cm³/mol. The van der Waals surface area contributed by atoms with Gasteiger partial charge >= 0.3 is 0 Å². The summed E-state index contributed by atoms with van der Waals surface area (Å²) in [6.07, 6.45) is 1.45. The Morgan fingerprint density at radius 3 is 1.28 bits per heavy atom. The molecule has 3 heteroatoms. The second-order valence-electron chi connectivity index (χ2n) is 16.6. The number of aromatic nitrogens is 1. The summed E-state index contributed by atoms with van der Waals surface area (Å²) < 4.78 is 1.58. The quantitative estimate of drug-likeness (QED) is 0.173. The van der Waals surface area contributed by atoms with Crippen LogP contribution in [0.25, 0.3) is 86.9 Å². The maximum atomic E-state index is 14.8. The molecule has 9 rings (SSSR count). The van der Waals surface area contributed by atoms with E-state index in [0.29, 0.717) is 10.8 Å². The van der Waals surface area contributed by atoms with E-state index in [-0.39, 0.29) is 28.0 Å². The number of rotatable bonds is 5. The van der Waals surface area contributed by atoms with Gasteiger partial charge in [0.25, 0.3) is 11.1 Å². The van der Waals surface area contributed by atoms with Gasteiger partial charge in [0, 0.05) is 6.04 Å². The van der Waals surface area contributed by atoms with Crippen LogP contribution in [0.15, 0.2) is 94.5 Å². The van der Waals surface area contributed by atoms with Crippen LogP contribution in [0.2, 0.25) is 0 Å². The van der Waals surface area contributed by atoms with Crippen molar-refractivity contribution in [3.63, 3.8) is 0 Å². The molecule has 0 atom stereocenters. The summed E-state index contributed by atoms with van der Waals surface area (Å²) in [7, 11) is 0. The second-order valence-corrected chi connectivity index (χ2v) is 16.6. The van der Waals surface area contributed by atoms with Crippen LogP contribution in [0, 0.1) is 0 Å². The zero-order valence-corrected chi connectivity index (χ0v) is 30.3. The van der Waals surface area contributed by atoms with E-state index in [1.54, 1.807) is 4.57 Å². The lowest BCUT2D eigenvalue weighted by molar-refractivity contribution is 0.455. The molecule has 0 aliphatic carbocycles. The molecule has 1 heterocycles. The molecule has 0 bridgehead atoms. The van der Waals surface area contributed by atoms with Crippen LogP contribution in [0.3, 0.4) is 0 Å². The van der Waals surface area contributed by atoms with E-state index in [0.717, 1.165) is 45.5 Å². The van der Waals surface area contributed by atoms with Gasteiger partial charge in [-0.3, -0.25) is 14.2 Å². The van der Waals surface area contributed by atoms with Gasteiger partial charge in [-0.25, -0.2) is 0 Å². The largest absolute Gasteiger partial charge is 0.271 e. The number of hydrogen-bond donors (Lipinski definition) is 0. The van der Waals surface area contributed by atoms with E-state index in [2.05, 4.69) is 140 Å². The van der Waals surface area contributed by atoms with Gasteiger partial charge in [-0.15, -0.1) is 0 Å². The molecule has 0 fully saturated rings. The van der Waals surface area contributed by atoms with Crippen LogP contribution >= 0.6 is 0 Å². The molecular formula is C47H43NO2. The van der Waals surface area contributed by atoms with Crippen molar-refractivity contribution in [3.8, 4) is 22.3 Å². The number of fused-ring (bicyclic) bond motifs is 3. The highest BCUT2D eigenvalue weighted by molar-refractivity contribution is 6.50. The van der Waals surface area contributed by atoms with Crippen molar-refractivity contribution in [3.05, 3.63) is 117 Å². The summed E-state index contributed by atoms with van der Waals surface area (Å²) in [5.74, 6) is 0. The van der Waals surface area contributed by atoms with Crippen LogP contribution in [-0.4, -0.2) is 4.57 Å². The van der Waals surface area contributed by atoms with Gasteiger partial charge in [0.2, 0.25) is 0 Å². The minimum absolute atomic E-state index is 0.0928. The molecule has 3 nitrogen and oxygen atoms in total. The van der Waals surface area contributed by atoms with Crippen LogP contribution in [0.4, 0.5) is 0 Å². The molecule has 0 aliphatic heterocycles. The predicted octanol–water partition coefficient (Wildman–Crippen LogP) is 12.2. The summed E-state index contributed by atoms with van der Waals surface area (Å²) in [4.78, 5) is 29.7. The lowest BCUT2D eigenvalue weighted by Crippen LogP contribution is -2.29. The molecule has 0 unspecified atom stereocenters. The first-order valence-corrected chi connectivity index (χ1v) is 18.2. The summed E-state index contributed by atoms with van der Waals surface area (Å²) in [6.45, 7) is 17.7. The van der Waals surface area contributed by atoms with Gasteiger partial charge in [-0.1, -0.05) is 128 Å².